The van der Waals surface area contributed by atoms with Crippen LogP contribution in [-0.2, 0) is 6.42 Å². The van der Waals surface area contributed by atoms with E-state index in [0.717, 1.165) is 0 Å². The minimum atomic E-state index is -0.374. The highest BCUT2D eigenvalue weighted by molar-refractivity contribution is 7.71. The summed E-state index contributed by atoms with van der Waals surface area (Å²) in [6, 6.07) is 0. The highest BCUT2D eigenvalue weighted by Crippen LogP contribution is 2.28. The highest BCUT2D eigenvalue weighted by atomic mass is 32.1. The molecule has 0 saturated carbocycles. The third kappa shape index (κ3) is 1.64. The van der Waals surface area contributed by atoms with Gasteiger partial charge in [0.05, 0.1) is 11.1 Å². The molecule has 3 heterocycles. The van der Waals surface area contributed by atoms with Gasteiger partial charge in [0.25, 0.3) is 11.1 Å². The Morgan fingerprint density at radius 2 is 1.28 bits per heavy atom. The highest BCUT2D eigenvalue weighted by Gasteiger charge is 2.23. The standard InChI is InChI=1S/C9H6N4O3S2/c14-4-2-1-3-5(15)11-9(18)13-7(3)16-6(2)12-8(17)10-4/h1H2,(H2,10,12,14,17)(H2,11,13,15,18). The lowest BCUT2D eigenvalue weighted by Gasteiger charge is -2.17. The van der Waals surface area contributed by atoms with Crippen LogP contribution in [0.15, 0.2) is 9.59 Å². The number of fused-ring (bicyclic) bond motifs is 2. The van der Waals surface area contributed by atoms with Crippen molar-refractivity contribution in [1.82, 2.24) is 19.9 Å². The summed E-state index contributed by atoms with van der Waals surface area (Å²) in [6.45, 7) is 0. The largest absolute Gasteiger partial charge is 0.424 e. The molecule has 1 aliphatic heterocycles. The van der Waals surface area contributed by atoms with Crippen LogP contribution in [0.4, 0.5) is 0 Å². The van der Waals surface area contributed by atoms with E-state index in [2.05, 4.69) is 19.9 Å². The molecular weight excluding hydrogens is 276 g/mol. The van der Waals surface area contributed by atoms with Crippen LogP contribution < -0.4 is 15.9 Å². The van der Waals surface area contributed by atoms with Gasteiger partial charge in [-0.25, -0.2) is 0 Å². The van der Waals surface area contributed by atoms with Crippen molar-refractivity contribution in [2.24, 2.45) is 0 Å². The number of ether oxygens (including phenoxy) is 1. The lowest BCUT2D eigenvalue weighted by atomic mass is 10.1. The Balaban J connectivity index is 2.30. The zero-order valence-corrected chi connectivity index (χ0v) is 10.4. The Kier molecular flexibility index (Phi) is 2.31. The van der Waals surface area contributed by atoms with E-state index in [1.807, 2.05) is 0 Å². The Labute approximate surface area is 109 Å². The lowest BCUT2D eigenvalue weighted by molar-refractivity contribution is 0.415. The second-order valence-electron chi connectivity index (χ2n) is 3.71. The van der Waals surface area contributed by atoms with Gasteiger partial charge in [-0.3, -0.25) is 19.6 Å². The van der Waals surface area contributed by atoms with Crippen molar-refractivity contribution in [2.45, 2.75) is 6.42 Å². The van der Waals surface area contributed by atoms with E-state index in [1.54, 1.807) is 0 Å². The molecule has 18 heavy (non-hydrogen) atoms. The van der Waals surface area contributed by atoms with E-state index < -0.39 is 0 Å². The van der Waals surface area contributed by atoms with Gasteiger partial charge in [-0.15, -0.1) is 0 Å². The van der Waals surface area contributed by atoms with Crippen molar-refractivity contribution < 1.29 is 4.74 Å². The molecule has 0 radical (unpaired) electrons. The van der Waals surface area contributed by atoms with Gasteiger partial charge < -0.3 is 14.7 Å². The molecule has 92 valence electrons. The molecule has 0 amide bonds. The molecule has 7 nitrogen and oxygen atoms in total. The smallest absolute Gasteiger partial charge is 0.259 e. The maximum atomic E-state index is 11.7. The van der Waals surface area contributed by atoms with Crippen LogP contribution in [0, 0.1) is 9.54 Å². The van der Waals surface area contributed by atoms with Crippen molar-refractivity contribution in [3.8, 4) is 11.8 Å². The van der Waals surface area contributed by atoms with Gasteiger partial charge in [0.1, 0.15) is 0 Å². The molecule has 0 aliphatic carbocycles. The molecule has 3 rings (SSSR count). The first-order chi connectivity index (χ1) is 8.54. The summed E-state index contributed by atoms with van der Waals surface area (Å²) < 4.78 is 5.73. The van der Waals surface area contributed by atoms with Crippen LogP contribution >= 0.6 is 24.4 Å². The van der Waals surface area contributed by atoms with Crippen molar-refractivity contribution in [3.63, 3.8) is 0 Å². The first-order valence-electron chi connectivity index (χ1n) is 4.93. The molecule has 2 aromatic heterocycles. The number of aromatic nitrogens is 4. The number of hydrogen-bond donors (Lipinski definition) is 4. The maximum absolute atomic E-state index is 11.7. The van der Waals surface area contributed by atoms with E-state index in [1.165, 1.54) is 0 Å². The molecule has 0 spiro atoms. The van der Waals surface area contributed by atoms with E-state index in [0.29, 0.717) is 11.1 Å². The maximum Gasteiger partial charge on any atom is 0.259 e. The van der Waals surface area contributed by atoms with Crippen LogP contribution in [0.25, 0.3) is 0 Å². The number of rotatable bonds is 0. The number of aromatic amines is 4. The van der Waals surface area contributed by atoms with Gasteiger partial charge in [-0.2, -0.15) is 0 Å². The molecule has 9 heteroatoms. The summed E-state index contributed by atoms with van der Waals surface area (Å²) in [5.41, 5.74) is -0.0956. The fraction of sp³-hybridized carbons (Fsp3) is 0.111. The predicted octanol–water partition coefficient (Wildman–Crippen LogP) is 0.875. The first kappa shape index (κ1) is 11.1. The summed E-state index contributed by atoms with van der Waals surface area (Å²) in [6.07, 6.45) is 0.146. The van der Waals surface area contributed by atoms with Gasteiger partial charge in [0.15, 0.2) is 9.54 Å². The fourth-order valence-electron chi connectivity index (χ4n) is 1.76. The average molecular weight is 282 g/mol. The molecule has 0 unspecified atom stereocenters. The molecule has 0 atom stereocenters. The van der Waals surface area contributed by atoms with Crippen LogP contribution in [0.1, 0.15) is 11.1 Å². The van der Waals surface area contributed by atoms with Gasteiger partial charge in [0, 0.05) is 6.42 Å². The second kappa shape index (κ2) is 3.75. The number of hydrogen-bond acceptors (Lipinski definition) is 5. The summed E-state index contributed by atoms with van der Waals surface area (Å²) in [5.74, 6) is 0.458. The van der Waals surface area contributed by atoms with Crippen LogP contribution in [0.5, 0.6) is 11.8 Å². The van der Waals surface area contributed by atoms with Gasteiger partial charge in [-0.1, -0.05) is 0 Å². The summed E-state index contributed by atoms with van der Waals surface area (Å²) in [5, 5.41) is 0. The number of nitrogens with one attached hydrogen (secondary N) is 4. The lowest BCUT2D eigenvalue weighted by Crippen LogP contribution is -2.25. The minimum absolute atomic E-state index is 0.146. The molecule has 0 bridgehead atoms. The molecule has 1 aliphatic rings. The predicted molar refractivity (Wildman–Crippen MR) is 67.4 cm³/mol. The minimum Gasteiger partial charge on any atom is -0.424 e. The first-order valence-corrected chi connectivity index (χ1v) is 5.75. The molecule has 4 N–H and O–H groups in total. The van der Waals surface area contributed by atoms with Crippen molar-refractivity contribution in [2.75, 3.05) is 0 Å². The van der Waals surface area contributed by atoms with Crippen molar-refractivity contribution >= 4 is 24.4 Å². The Bertz CT molecular complexity index is 801. The van der Waals surface area contributed by atoms with Crippen molar-refractivity contribution in [1.29, 1.82) is 0 Å². The normalized spacial score (nSPS) is 12.4. The quantitative estimate of drug-likeness (QED) is 0.458. The summed E-state index contributed by atoms with van der Waals surface area (Å²) in [4.78, 5) is 33.7. The van der Waals surface area contributed by atoms with Crippen molar-refractivity contribution in [3.05, 3.63) is 41.4 Å². The zero-order valence-electron chi connectivity index (χ0n) is 8.75. The Morgan fingerprint density at radius 1 is 0.833 bits per heavy atom. The SMILES string of the molecule is O=c1[nH]c(=S)[nH]c2c1Cc1c([nH]c(=S)[nH]c1=O)O2. The van der Waals surface area contributed by atoms with E-state index in [-0.39, 0.29) is 38.8 Å². The third-order valence-corrected chi connectivity index (χ3v) is 2.97. The molecule has 2 aromatic rings. The zero-order chi connectivity index (χ0) is 12.9. The van der Waals surface area contributed by atoms with E-state index in [9.17, 15) is 9.59 Å². The van der Waals surface area contributed by atoms with Gasteiger partial charge in [0.2, 0.25) is 11.8 Å². The molecule has 0 aromatic carbocycles. The van der Waals surface area contributed by atoms with Gasteiger partial charge >= 0.3 is 0 Å². The summed E-state index contributed by atoms with van der Waals surface area (Å²) >= 11 is 9.69. The number of H-pyrrole nitrogens is 4. The monoisotopic (exact) mass is 282 g/mol. The second-order valence-corrected chi connectivity index (χ2v) is 4.53. The van der Waals surface area contributed by atoms with Crippen LogP contribution in [0.2, 0.25) is 0 Å². The van der Waals surface area contributed by atoms with E-state index in [4.69, 9.17) is 29.2 Å². The Morgan fingerprint density at radius 3 is 1.72 bits per heavy atom. The Hall–Kier alpha value is -2.00. The topological polar surface area (TPSA) is 107 Å². The molecular formula is C9H6N4O3S2. The third-order valence-electron chi connectivity index (χ3n) is 2.56. The fourth-order valence-corrected chi connectivity index (χ4v) is 2.13. The molecule has 0 fully saturated rings. The van der Waals surface area contributed by atoms with E-state index >= 15 is 0 Å². The van der Waals surface area contributed by atoms with Gasteiger partial charge in [-0.05, 0) is 24.4 Å². The van der Waals surface area contributed by atoms with Crippen LogP contribution in [-0.4, -0.2) is 19.9 Å². The average Bonchev–Trinajstić information content (AvgIpc) is 2.26. The van der Waals surface area contributed by atoms with Crippen LogP contribution in [0.3, 0.4) is 0 Å². The molecule has 0 saturated heterocycles. The summed E-state index contributed by atoms with van der Waals surface area (Å²) in [7, 11) is 0.